The summed E-state index contributed by atoms with van der Waals surface area (Å²) < 4.78 is 0. The van der Waals surface area contributed by atoms with Gasteiger partial charge in [0.05, 0.1) is 5.56 Å². The maximum absolute atomic E-state index is 12.4. The fourth-order valence-corrected chi connectivity index (χ4v) is 2.67. The van der Waals surface area contributed by atoms with Gasteiger partial charge in [-0.2, -0.15) is 0 Å². The summed E-state index contributed by atoms with van der Waals surface area (Å²) in [5, 5.41) is 6.62. The lowest BCUT2D eigenvalue weighted by Gasteiger charge is -2.13. The van der Waals surface area contributed by atoms with E-state index in [4.69, 9.17) is 11.6 Å². The monoisotopic (exact) mass is 381 g/mol. The average Bonchev–Trinajstić information content (AvgIpc) is 2.65. The van der Waals surface area contributed by atoms with Crippen molar-refractivity contribution in [1.29, 1.82) is 0 Å². The lowest BCUT2D eigenvalue weighted by Crippen LogP contribution is -2.13. The summed E-state index contributed by atoms with van der Waals surface area (Å²) in [5.41, 5.74) is 3.99. The minimum atomic E-state index is -0.262. The van der Waals surface area contributed by atoms with Crippen LogP contribution < -0.4 is 15.5 Å². The Labute approximate surface area is 163 Å². The molecule has 0 saturated heterocycles. The fourth-order valence-electron chi connectivity index (χ4n) is 2.44. The molecule has 0 bridgehead atoms. The molecule has 1 heterocycles. The van der Waals surface area contributed by atoms with Crippen LogP contribution in [0.15, 0.2) is 54.9 Å². The van der Waals surface area contributed by atoms with E-state index in [1.165, 1.54) is 12.4 Å². The van der Waals surface area contributed by atoms with Crippen LogP contribution in [0.3, 0.4) is 0 Å². The van der Waals surface area contributed by atoms with Crippen molar-refractivity contribution in [2.75, 3.05) is 29.6 Å². The van der Waals surface area contributed by atoms with Gasteiger partial charge in [-0.05, 0) is 55.0 Å². The summed E-state index contributed by atoms with van der Waals surface area (Å²) >= 11 is 5.96. The Bertz CT molecular complexity index is 940. The molecule has 0 unspecified atom stereocenters. The number of rotatable bonds is 5. The first kappa shape index (κ1) is 18.7. The van der Waals surface area contributed by atoms with Gasteiger partial charge in [-0.25, -0.2) is 9.97 Å². The number of nitrogens with one attached hydrogen (secondary N) is 2. The van der Waals surface area contributed by atoms with Crippen LogP contribution in [0, 0.1) is 6.92 Å². The van der Waals surface area contributed by atoms with Gasteiger partial charge in [-0.1, -0.05) is 11.6 Å². The highest BCUT2D eigenvalue weighted by Gasteiger charge is 2.09. The highest BCUT2D eigenvalue weighted by molar-refractivity contribution is 6.30. The van der Waals surface area contributed by atoms with Crippen molar-refractivity contribution in [1.82, 2.24) is 9.97 Å². The van der Waals surface area contributed by atoms with Crippen molar-refractivity contribution < 1.29 is 4.79 Å². The summed E-state index contributed by atoms with van der Waals surface area (Å²) in [6.45, 7) is 1.94. The van der Waals surface area contributed by atoms with Crippen LogP contribution in [-0.2, 0) is 0 Å². The summed E-state index contributed by atoms with van der Waals surface area (Å²) in [6.07, 6.45) is 2.98. The van der Waals surface area contributed by atoms with Gasteiger partial charge in [0, 0.05) is 48.6 Å². The number of carbonyl (C=O) groups excluding carboxylic acids is 1. The minimum Gasteiger partial charge on any atom is -0.378 e. The Balaban J connectivity index is 1.66. The number of nitrogens with zero attached hydrogens (tertiary/aromatic N) is 3. The van der Waals surface area contributed by atoms with E-state index in [0.717, 1.165) is 16.9 Å². The number of carbonyl (C=O) groups is 1. The molecule has 3 aromatic rings. The fraction of sp³-hybridized carbons (Fsp3) is 0.150. The Morgan fingerprint density at radius 1 is 1.04 bits per heavy atom. The first-order valence-corrected chi connectivity index (χ1v) is 8.74. The molecule has 1 amide bonds. The lowest BCUT2D eigenvalue weighted by atomic mass is 10.2. The second-order valence-corrected chi connectivity index (χ2v) is 6.71. The number of amides is 1. The van der Waals surface area contributed by atoms with Gasteiger partial charge in [-0.3, -0.25) is 4.79 Å². The molecule has 0 aliphatic heterocycles. The van der Waals surface area contributed by atoms with Crippen molar-refractivity contribution in [2.24, 2.45) is 0 Å². The molecule has 0 radical (unpaired) electrons. The zero-order valence-electron chi connectivity index (χ0n) is 15.3. The van der Waals surface area contributed by atoms with Crippen molar-refractivity contribution >= 4 is 40.5 Å². The number of aryl methyl sites for hydroxylation is 1. The highest BCUT2D eigenvalue weighted by atomic mass is 35.5. The van der Waals surface area contributed by atoms with Crippen molar-refractivity contribution in [2.45, 2.75) is 6.92 Å². The molecule has 0 aliphatic carbocycles. The molecule has 6 nitrogen and oxygen atoms in total. The number of aromatic nitrogens is 2. The van der Waals surface area contributed by atoms with Crippen molar-refractivity contribution in [3.63, 3.8) is 0 Å². The molecule has 0 spiro atoms. The van der Waals surface area contributed by atoms with E-state index in [-0.39, 0.29) is 5.91 Å². The quantitative estimate of drug-likeness (QED) is 0.680. The van der Waals surface area contributed by atoms with E-state index in [1.54, 1.807) is 6.07 Å². The molecule has 7 heteroatoms. The zero-order valence-corrected chi connectivity index (χ0v) is 16.1. The van der Waals surface area contributed by atoms with Crippen LogP contribution in [-0.4, -0.2) is 30.0 Å². The molecular weight excluding hydrogens is 362 g/mol. The van der Waals surface area contributed by atoms with Crippen LogP contribution in [0.4, 0.5) is 23.0 Å². The molecule has 0 atom stereocenters. The maximum atomic E-state index is 12.4. The predicted molar refractivity (Wildman–Crippen MR) is 110 cm³/mol. The first-order valence-electron chi connectivity index (χ1n) is 8.36. The summed E-state index contributed by atoms with van der Waals surface area (Å²) in [7, 11) is 3.93. The Morgan fingerprint density at radius 2 is 1.70 bits per heavy atom. The number of halogens is 1. The van der Waals surface area contributed by atoms with Crippen LogP contribution >= 0.6 is 11.6 Å². The summed E-state index contributed by atoms with van der Waals surface area (Å²) in [6, 6.07) is 13.1. The zero-order chi connectivity index (χ0) is 19.4. The van der Waals surface area contributed by atoms with Crippen LogP contribution in [0.25, 0.3) is 0 Å². The third-order valence-electron chi connectivity index (χ3n) is 3.99. The second-order valence-electron chi connectivity index (χ2n) is 6.28. The van der Waals surface area contributed by atoms with E-state index in [1.807, 2.05) is 62.3 Å². The molecule has 2 aromatic carbocycles. The smallest absolute Gasteiger partial charge is 0.258 e. The van der Waals surface area contributed by atoms with E-state index in [0.29, 0.717) is 22.2 Å². The maximum Gasteiger partial charge on any atom is 0.258 e. The van der Waals surface area contributed by atoms with Gasteiger partial charge in [0.25, 0.3) is 5.91 Å². The summed E-state index contributed by atoms with van der Waals surface area (Å²) in [4.78, 5) is 22.8. The largest absolute Gasteiger partial charge is 0.378 e. The third kappa shape index (κ3) is 4.74. The first-order chi connectivity index (χ1) is 12.9. The van der Waals surface area contributed by atoms with Gasteiger partial charge in [0.15, 0.2) is 0 Å². The SMILES string of the molecule is Cc1cc(Cl)ccc1Nc1ncc(C(=O)Nc2ccc(N(C)C)cc2)cn1. The van der Waals surface area contributed by atoms with Gasteiger partial charge < -0.3 is 15.5 Å². The van der Waals surface area contributed by atoms with Crippen molar-refractivity contribution in [3.8, 4) is 0 Å². The molecule has 27 heavy (non-hydrogen) atoms. The number of anilines is 4. The molecule has 0 aliphatic rings. The van der Waals surface area contributed by atoms with Gasteiger partial charge in [-0.15, -0.1) is 0 Å². The molecule has 2 N–H and O–H groups in total. The van der Waals surface area contributed by atoms with E-state index in [2.05, 4.69) is 20.6 Å². The molecule has 0 fully saturated rings. The van der Waals surface area contributed by atoms with Crippen molar-refractivity contribution in [3.05, 3.63) is 71.0 Å². The van der Waals surface area contributed by atoms with Gasteiger partial charge in [0.2, 0.25) is 5.95 Å². The Morgan fingerprint density at radius 3 is 2.30 bits per heavy atom. The molecule has 0 saturated carbocycles. The Kier molecular flexibility index (Phi) is 5.57. The van der Waals surface area contributed by atoms with Gasteiger partial charge in [0.1, 0.15) is 0 Å². The normalized spacial score (nSPS) is 10.4. The third-order valence-corrected chi connectivity index (χ3v) is 4.23. The second kappa shape index (κ2) is 8.05. The van der Waals surface area contributed by atoms with Gasteiger partial charge >= 0.3 is 0 Å². The van der Waals surface area contributed by atoms with Crippen LogP contribution in [0.2, 0.25) is 5.02 Å². The average molecular weight is 382 g/mol. The Hall–Kier alpha value is -3.12. The molecule has 1 aromatic heterocycles. The van der Waals surface area contributed by atoms with Crippen LogP contribution in [0.5, 0.6) is 0 Å². The number of hydrogen-bond donors (Lipinski definition) is 2. The van der Waals surface area contributed by atoms with E-state index < -0.39 is 0 Å². The molecule has 3 rings (SSSR count). The van der Waals surface area contributed by atoms with Crippen LogP contribution in [0.1, 0.15) is 15.9 Å². The number of benzene rings is 2. The highest BCUT2D eigenvalue weighted by Crippen LogP contribution is 2.22. The van der Waals surface area contributed by atoms with E-state index >= 15 is 0 Å². The lowest BCUT2D eigenvalue weighted by molar-refractivity contribution is 0.102. The standard InChI is InChI=1S/C20H20ClN5O/c1-13-10-15(21)4-9-18(13)25-20-22-11-14(12-23-20)19(27)24-16-5-7-17(8-6-16)26(2)3/h4-12H,1-3H3,(H,24,27)(H,22,23,25). The topological polar surface area (TPSA) is 70.2 Å². The van der Waals surface area contributed by atoms with E-state index in [9.17, 15) is 4.79 Å². The number of hydrogen-bond acceptors (Lipinski definition) is 5. The minimum absolute atomic E-state index is 0.262. The molecule has 138 valence electrons. The molecular formula is C20H20ClN5O. The summed E-state index contributed by atoms with van der Waals surface area (Å²) in [5.74, 6) is 0.147. The predicted octanol–water partition coefficient (Wildman–Crippen LogP) is 4.50.